The molecule has 2 rings (SSSR count). The Morgan fingerprint density at radius 2 is 2.20 bits per heavy atom. The van der Waals surface area contributed by atoms with Gasteiger partial charge >= 0.3 is 0 Å². The predicted molar refractivity (Wildman–Crippen MR) is 74.6 cm³/mol. The summed E-state index contributed by atoms with van der Waals surface area (Å²) in [7, 11) is 1.30. The Kier molecular flexibility index (Phi) is 4.36. The van der Waals surface area contributed by atoms with E-state index in [1.807, 2.05) is 0 Å². The molecule has 5 nitrogen and oxygen atoms in total. The van der Waals surface area contributed by atoms with E-state index in [4.69, 9.17) is 9.29 Å². The number of phenolic OH excluding ortho intramolecular Hbond substituents is 1. The number of aromatic hydroxyl groups is 1. The smallest absolute Gasteiger partial charge is 0.195 e. The Balaban J connectivity index is 2.41. The summed E-state index contributed by atoms with van der Waals surface area (Å²) >= 11 is -0.993. The quantitative estimate of drug-likeness (QED) is 0.654. The van der Waals surface area contributed by atoms with Crippen molar-refractivity contribution in [2.24, 2.45) is 0 Å². The van der Waals surface area contributed by atoms with Gasteiger partial charge in [-0.1, -0.05) is 0 Å². The van der Waals surface area contributed by atoms with Crippen LogP contribution in [0.25, 0.3) is 10.1 Å². The number of benzene rings is 1. The first-order valence-electron chi connectivity index (χ1n) is 5.53. The van der Waals surface area contributed by atoms with Gasteiger partial charge in [-0.25, -0.2) is 8.60 Å². The van der Waals surface area contributed by atoms with Gasteiger partial charge in [-0.2, -0.15) is 0 Å². The molecule has 0 aliphatic carbocycles. The van der Waals surface area contributed by atoms with E-state index in [9.17, 15) is 18.5 Å². The molecule has 0 bridgehead atoms. The van der Waals surface area contributed by atoms with Crippen LogP contribution in [0.5, 0.6) is 11.5 Å². The van der Waals surface area contributed by atoms with Gasteiger partial charge in [0.05, 0.1) is 17.7 Å². The van der Waals surface area contributed by atoms with E-state index in [0.717, 1.165) is 11.3 Å². The van der Waals surface area contributed by atoms with Gasteiger partial charge in [0, 0.05) is 22.6 Å². The highest BCUT2D eigenvalue weighted by atomic mass is 32.2. The molecule has 108 valence electrons. The van der Waals surface area contributed by atoms with Crippen molar-refractivity contribution in [2.45, 2.75) is 6.42 Å². The second-order valence-corrected chi connectivity index (χ2v) is 6.10. The predicted octanol–water partition coefficient (Wildman–Crippen LogP) is 2.55. The van der Waals surface area contributed by atoms with E-state index in [2.05, 4.69) is 0 Å². The number of phenols is 1. The average molecular weight is 318 g/mol. The number of carbonyl (C=O) groups is 1. The summed E-state index contributed by atoms with van der Waals surface area (Å²) in [6, 6.07) is 2.77. The molecule has 0 amide bonds. The minimum atomic E-state index is -2.04. The Labute approximate surface area is 120 Å². The van der Waals surface area contributed by atoms with Crippen LogP contribution in [-0.2, 0) is 11.1 Å². The summed E-state index contributed by atoms with van der Waals surface area (Å²) in [5, 5.41) is 9.69. The van der Waals surface area contributed by atoms with Crippen LogP contribution in [0, 0.1) is 5.82 Å². The minimum absolute atomic E-state index is 0.00712. The van der Waals surface area contributed by atoms with Gasteiger partial charge in [0.25, 0.3) is 0 Å². The molecule has 0 spiro atoms. The van der Waals surface area contributed by atoms with Crippen molar-refractivity contribution < 1.29 is 27.8 Å². The van der Waals surface area contributed by atoms with Crippen LogP contribution in [0.15, 0.2) is 12.1 Å². The third-order valence-corrected chi connectivity index (χ3v) is 4.38. The first kappa shape index (κ1) is 14.9. The van der Waals surface area contributed by atoms with Crippen molar-refractivity contribution in [3.63, 3.8) is 0 Å². The SMILES string of the molecule is COc1cc2sc(C(=O)CCS(=O)O)cc2c(F)c1O. The number of carbonyl (C=O) groups excluding carboxylic acids is 1. The van der Waals surface area contributed by atoms with E-state index in [1.165, 1.54) is 19.2 Å². The molecule has 1 heterocycles. The second kappa shape index (κ2) is 5.86. The van der Waals surface area contributed by atoms with Gasteiger partial charge in [-0.15, -0.1) is 11.3 Å². The third kappa shape index (κ3) is 2.82. The Morgan fingerprint density at radius 3 is 2.80 bits per heavy atom. The van der Waals surface area contributed by atoms with E-state index in [1.54, 1.807) is 0 Å². The van der Waals surface area contributed by atoms with Crippen molar-refractivity contribution >= 4 is 38.3 Å². The van der Waals surface area contributed by atoms with E-state index < -0.39 is 22.6 Å². The number of ether oxygens (including phenoxy) is 1. The highest BCUT2D eigenvalue weighted by Gasteiger charge is 2.18. The lowest BCUT2D eigenvalue weighted by molar-refractivity contribution is 0.0992. The lowest BCUT2D eigenvalue weighted by Gasteiger charge is -2.04. The molecule has 2 aromatic rings. The summed E-state index contributed by atoms with van der Waals surface area (Å²) in [6.45, 7) is 0. The van der Waals surface area contributed by atoms with Crippen molar-refractivity contribution in [1.29, 1.82) is 0 Å². The molecule has 0 radical (unpaired) electrons. The number of methoxy groups -OCH3 is 1. The maximum atomic E-state index is 13.9. The molecule has 0 saturated heterocycles. The number of hydrogen-bond acceptors (Lipinski definition) is 5. The number of rotatable bonds is 5. The van der Waals surface area contributed by atoms with Gasteiger partial charge in [-0.05, 0) is 6.07 Å². The van der Waals surface area contributed by atoms with Crippen LogP contribution in [-0.4, -0.2) is 32.5 Å². The molecule has 1 aromatic carbocycles. The molecule has 0 saturated carbocycles. The molecular weight excluding hydrogens is 307 g/mol. The molecule has 0 fully saturated rings. The lowest BCUT2D eigenvalue weighted by atomic mass is 10.2. The van der Waals surface area contributed by atoms with Crippen LogP contribution >= 0.6 is 11.3 Å². The normalized spacial score (nSPS) is 12.6. The van der Waals surface area contributed by atoms with Crippen LogP contribution in [0.1, 0.15) is 16.1 Å². The summed E-state index contributed by atoms with van der Waals surface area (Å²) in [5.41, 5.74) is 0. The first-order chi connectivity index (χ1) is 9.43. The number of thiophene rings is 1. The number of fused-ring (bicyclic) bond motifs is 1. The summed E-state index contributed by atoms with van der Waals surface area (Å²) < 4.78 is 38.4. The van der Waals surface area contributed by atoms with Crippen molar-refractivity contribution in [3.05, 3.63) is 22.8 Å². The molecule has 20 heavy (non-hydrogen) atoms. The number of halogens is 1. The van der Waals surface area contributed by atoms with Gasteiger partial charge in [0.2, 0.25) is 0 Å². The molecule has 2 N–H and O–H groups in total. The van der Waals surface area contributed by atoms with Crippen LogP contribution in [0.3, 0.4) is 0 Å². The largest absolute Gasteiger partial charge is 0.502 e. The maximum Gasteiger partial charge on any atom is 0.195 e. The van der Waals surface area contributed by atoms with Gasteiger partial charge in [-0.3, -0.25) is 4.79 Å². The Hall–Kier alpha value is -1.51. The molecule has 1 aromatic heterocycles. The van der Waals surface area contributed by atoms with Gasteiger partial charge in [0.1, 0.15) is 0 Å². The maximum absolute atomic E-state index is 13.9. The monoisotopic (exact) mass is 318 g/mol. The Morgan fingerprint density at radius 1 is 1.50 bits per heavy atom. The molecule has 1 unspecified atom stereocenters. The van der Waals surface area contributed by atoms with E-state index in [-0.39, 0.29) is 34.0 Å². The number of ketones is 1. The van der Waals surface area contributed by atoms with E-state index in [0.29, 0.717) is 4.70 Å². The first-order valence-corrected chi connectivity index (χ1v) is 7.63. The second-order valence-electron chi connectivity index (χ2n) is 3.96. The third-order valence-electron chi connectivity index (χ3n) is 2.70. The molecule has 1 atom stereocenters. The minimum Gasteiger partial charge on any atom is -0.502 e. The highest BCUT2D eigenvalue weighted by molar-refractivity contribution is 7.79. The zero-order chi connectivity index (χ0) is 14.9. The fraction of sp³-hybridized carbons (Fsp3) is 0.250. The van der Waals surface area contributed by atoms with Crippen LogP contribution in [0.4, 0.5) is 4.39 Å². The fourth-order valence-electron chi connectivity index (χ4n) is 1.70. The van der Waals surface area contributed by atoms with Crippen LogP contribution in [0.2, 0.25) is 0 Å². The number of hydrogen-bond donors (Lipinski definition) is 2. The fourth-order valence-corrected chi connectivity index (χ4v) is 3.12. The number of Topliss-reactive ketones (excluding diaryl/α,β-unsaturated/α-hetero) is 1. The average Bonchev–Trinajstić information content (AvgIpc) is 2.84. The van der Waals surface area contributed by atoms with Crippen molar-refractivity contribution in [1.82, 2.24) is 0 Å². The Bertz CT molecular complexity index is 695. The molecular formula is C12H11FO5S2. The summed E-state index contributed by atoms with van der Waals surface area (Å²) in [4.78, 5) is 12.1. The summed E-state index contributed by atoms with van der Waals surface area (Å²) in [5.74, 6) is -1.96. The standard InChI is InChI=1S/C12H11FO5S2/c1-18-8-5-9-6(11(13)12(8)15)4-10(19-9)7(14)2-3-20(16)17/h4-5,15H,2-3H2,1H3,(H,16,17). The molecule has 0 aliphatic rings. The molecule has 0 aliphatic heterocycles. The van der Waals surface area contributed by atoms with Crippen molar-refractivity contribution in [3.8, 4) is 11.5 Å². The summed E-state index contributed by atoms with van der Waals surface area (Å²) in [6.07, 6.45) is -0.0966. The van der Waals surface area contributed by atoms with Crippen molar-refractivity contribution in [2.75, 3.05) is 12.9 Å². The van der Waals surface area contributed by atoms with Gasteiger partial charge in [0.15, 0.2) is 34.2 Å². The highest BCUT2D eigenvalue weighted by Crippen LogP contribution is 2.39. The molecule has 8 heteroatoms. The lowest BCUT2D eigenvalue weighted by Crippen LogP contribution is -2.03. The van der Waals surface area contributed by atoms with Crippen LogP contribution < -0.4 is 4.74 Å². The zero-order valence-electron chi connectivity index (χ0n) is 10.4. The topological polar surface area (TPSA) is 83.8 Å². The van der Waals surface area contributed by atoms with E-state index >= 15 is 0 Å². The zero-order valence-corrected chi connectivity index (χ0v) is 12.0. The van der Waals surface area contributed by atoms with Gasteiger partial charge < -0.3 is 14.4 Å².